The summed E-state index contributed by atoms with van der Waals surface area (Å²) in [4.78, 5) is 78.1. The van der Waals surface area contributed by atoms with Crippen LogP contribution >= 0.6 is 11.6 Å². The van der Waals surface area contributed by atoms with Gasteiger partial charge < -0.3 is 54.9 Å². The van der Waals surface area contributed by atoms with Gasteiger partial charge in [0.1, 0.15) is 31.2 Å². The number of aromatic nitrogens is 13. The number of hydrogen-bond acceptors (Lipinski definition) is 31. The first-order chi connectivity index (χ1) is 51.9. The van der Waals surface area contributed by atoms with Crippen molar-refractivity contribution in [3.8, 4) is 51.4 Å². The molecule has 4 N–H and O–H groups in total. The van der Waals surface area contributed by atoms with Gasteiger partial charge in [-0.25, -0.2) is 54.5 Å². The Morgan fingerprint density at radius 3 is 1.31 bits per heavy atom. The van der Waals surface area contributed by atoms with E-state index in [1.807, 2.05) is 84.9 Å². The number of nitrogens with two attached hydrogens (primary N) is 1. The van der Waals surface area contributed by atoms with E-state index >= 15 is 0 Å². The average Bonchev–Trinajstić information content (AvgIpc) is 1.77. The molecule has 11 heterocycles. The van der Waals surface area contributed by atoms with Gasteiger partial charge >= 0.3 is 40.9 Å². The third-order valence-electron chi connectivity index (χ3n) is 16.1. The van der Waals surface area contributed by atoms with Crippen molar-refractivity contribution < 1.29 is 67.8 Å². The molecule has 11 aromatic rings. The maximum Gasteiger partial charge on any atom is 1.00 e. The number of rotatable bonds is 25. The predicted octanol–water partition coefficient (Wildman–Crippen LogP) is 6.15. The Kier molecular flexibility index (Phi) is 32.5. The van der Waals surface area contributed by atoms with Crippen LogP contribution < -0.4 is 60.1 Å². The molecule has 0 radical (unpaired) electrons. The monoisotopic (exact) mass is 1490 g/mol. The molecule has 0 atom stereocenters. The molecule has 0 amide bonds. The van der Waals surface area contributed by atoms with Gasteiger partial charge in [0, 0.05) is 126 Å². The fourth-order valence-corrected chi connectivity index (χ4v) is 10.8. The summed E-state index contributed by atoms with van der Waals surface area (Å²) in [6, 6.07) is 37.0. The molecule has 3 aliphatic heterocycles. The Bertz CT molecular complexity index is 4530. The molecule has 0 bridgehead atoms. The third-order valence-corrected chi connectivity index (χ3v) is 16.4. The van der Waals surface area contributed by atoms with Crippen LogP contribution in [0.2, 0.25) is 5.15 Å². The zero-order valence-corrected chi connectivity index (χ0v) is 61.3. The Hall–Kier alpha value is -11.1. The number of nitro groups is 2. The second-order valence-electron chi connectivity index (χ2n) is 23.3. The van der Waals surface area contributed by atoms with Gasteiger partial charge in [-0.15, -0.1) is 10.4 Å². The minimum absolute atomic E-state index is 0. The van der Waals surface area contributed by atoms with Crippen molar-refractivity contribution in [2.24, 2.45) is 5.34 Å². The number of pyridine rings is 4. The van der Waals surface area contributed by atoms with E-state index in [1.54, 1.807) is 54.3 Å². The van der Waals surface area contributed by atoms with Crippen molar-refractivity contribution in [3.05, 3.63) is 235 Å². The van der Waals surface area contributed by atoms with Gasteiger partial charge in [0.2, 0.25) is 11.0 Å². The summed E-state index contributed by atoms with van der Waals surface area (Å²) >= 11 is 5.37. The maximum absolute atomic E-state index is 11.1. The quantitative estimate of drug-likeness (QED) is 0.0190. The number of hydrogen-bond donors (Lipinski definition) is 3. The van der Waals surface area contributed by atoms with E-state index in [0.29, 0.717) is 85.7 Å². The fourth-order valence-electron chi connectivity index (χ4n) is 10.6. The van der Waals surface area contributed by atoms with E-state index in [-0.39, 0.29) is 51.9 Å². The molecule has 3 fully saturated rings. The fraction of sp³-hybridized carbons (Fsp3) is 0.296. The summed E-state index contributed by atoms with van der Waals surface area (Å²) in [5.41, 5.74) is 13.7. The van der Waals surface area contributed by atoms with Crippen molar-refractivity contribution in [2.75, 3.05) is 135 Å². The van der Waals surface area contributed by atoms with Crippen LogP contribution in [0.4, 0.5) is 28.7 Å². The van der Waals surface area contributed by atoms with Crippen molar-refractivity contribution >= 4 is 51.5 Å². The van der Waals surface area contributed by atoms with E-state index in [4.69, 9.17) is 55.9 Å². The van der Waals surface area contributed by atoms with Crippen molar-refractivity contribution in [3.63, 3.8) is 0 Å². The van der Waals surface area contributed by atoms with Gasteiger partial charge in [0.05, 0.1) is 98.9 Å². The summed E-state index contributed by atoms with van der Waals surface area (Å²) in [6.07, 6.45) is 16.6. The van der Waals surface area contributed by atoms with Crippen LogP contribution in [0.15, 0.2) is 189 Å². The Morgan fingerprint density at radius 2 is 0.879 bits per heavy atom. The van der Waals surface area contributed by atoms with Crippen LogP contribution in [0, 0.1) is 30.3 Å². The second kappa shape index (κ2) is 43.4. The first kappa shape index (κ1) is 80.1. The van der Waals surface area contributed by atoms with E-state index in [9.17, 15) is 20.2 Å². The first-order valence-electron chi connectivity index (χ1n) is 33.6. The average molecular weight is 1490 g/mol. The van der Waals surface area contributed by atoms with Gasteiger partial charge in [-0.1, -0.05) is 71.4 Å². The van der Waals surface area contributed by atoms with E-state index in [0.717, 1.165) is 148 Å². The molecule has 8 aromatic heterocycles. The Labute approximate surface area is 641 Å². The van der Waals surface area contributed by atoms with Crippen LogP contribution in [-0.4, -0.2) is 208 Å². The molecule has 3 aromatic carbocycles. The maximum atomic E-state index is 11.1. The number of nitrogens with one attached hydrogen (secondary N) is 2. The van der Waals surface area contributed by atoms with Crippen LogP contribution in [-0.2, 0) is 33.8 Å². The van der Waals surface area contributed by atoms with E-state index < -0.39 is 9.85 Å². The Balaban J connectivity index is 0.000000170. The largest absolute Gasteiger partial charge is 1.00 e. The molecule has 0 spiro atoms. The normalized spacial score (nSPS) is 13.5. The van der Waals surface area contributed by atoms with E-state index in [1.165, 1.54) is 36.7 Å². The minimum atomic E-state index is -0.574. The molecule has 34 nitrogen and oxygen atoms in total. The topological polar surface area (TPSA) is 414 Å². The summed E-state index contributed by atoms with van der Waals surface area (Å²) in [5, 5.41) is 44.8. The number of halogens is 1. The van der Waals surface area contributed by atoms with E-state index in [2.05, 4.69) is 97.6 Å². The summed E-state index contributed by atoms with van der Waals surface area (Å²) in [6.45, 7) is 16.3. The van der Waals surface area contributed by atoms with Crippen LogP contribution in [0.5, 0.6) is 17.2 Å². The Morgan fingerprint density at radius 1 is 0.495 bits per heavy atom. The molecule has 0 aliphatic carbocycles. The van der Waals surface area contributed by atoms with Crippen molar-refractivity contribution in [1.29, 1.82) is 0 Å². The molecule has 0 saturated carbocycles. The summed E-state index contributed by atoms with van der Waals surface area (Å²) in [7, 11) is 0. The molecule has 550 valence electrons. The number of nitrogens with zero attached hydrogens (tertiary/aromatic N) is 19. The number of fused-ring (bicyclic) bond motifs is 1. The van der Waals surface area contributed by atoms with Crippen LogP contribution in [0.3, 0.4) is 0 Å². The van der Waals surface area contributed by atoms with Crippen molar-refractivity contribution in [2.45, 2.75) is 19.6 Å². The van der Waals surface area contributed by atoms with Gasteiger partial charge in [-0.3, -0.25) is 34.9 Å². The number of benzene rings is 3. The first-order valence-corrected chi connectivity index (χ1v) is 34.0. The molecule has 3 saturated heterocycles. The molecule has 0 unspecified atom stereocenters. The predicted molar refractivity (Wildman–Crippen MR) is 394 cm³/mol. The van der Waals surface area contributed by atoms with Gasteiger partial charge in [-0.2, -0.15) is 0 Å². The van der Waals surface area contributed by atoms with Crippen molar-refractivity contribution in [1.82, 2.24) is 79.5 Å². The zero-order valence-electron chi connectivity index (χ0n) is 58.5. The molecular formula is C71H76ClN22NaO12. The smallest absolute Gasteiger partial charge is 0.489 e. The summed E-state index contributed by atoms with van der Waals surface area (Å²) < 4.78 is 35.2. The van der Waals surface area contributed by atoms with Crippen LogP contribution in [0.25, 0.3) is 45.3 Å². The molecule has 107 heavy (non-hydrogen) atoms. The second-order valence-corrected chi connectivity index (χ2v) is 23.6. The molecule has 3 aliphatic rings. The summed E-state index contributed by atoms with van der Waals surface area (Å²) in [5.74, 6) is 4.79. The SMILES string of the molecule is Nc1cccnc1NCc1cccc(-c2ncc(OCCN3CCOCC3)cn2)c1.O=N[O-].O=[N+]([O-])c1cccnc1Cl.O=[N+]([O-])c1cccnc1NCc1cccc(-c2ncc(OCCN3CCOCC3)cn2)c1.[Na+].c1cc(Cn2nnc3cccnc32)cc(-c2ncc(OCCN3CCOCC3)cn2)c1. The number of morpholine rings is 3. The van der Waals surface area contributed by atoms with Crippen LogP contribution in [0.1, 0.15) is 16.7 Å². The minimum Gasteiger partial charge on any atom is -0.489 e. The molecule has 36 heteroatoms. The number of nitrogen functional groups attached to an aromatic ring is 1. The molecule has 14 rings (SSSR count). The van der Waals surface area contributed by atoms with Gasteiger partial charge in [0.25, 0.3) is 0 Å². The van der Waals surface area contributed by atoms with Gasteiger partial charge in [0.15, 0.2) is 40.4 Å². The van der Waals surface area contributed by atoms with Gasteiger partial charge in [-0.05, 0) is 71.3 Å². The zero-order chi connectivity index (χ0) is 73.9. The number of ether oxygens (including phenoxy) is 6. The number of anilines is 3. The standard InChI is InChI=1S/C22H23N7O2.C22H24N6O4.C22H26N6O2.C5H3ClN2O2.HNO2.Na/c1-3-17(16-29-22-20(26-27-29)5-2-6-23-22)13-18(4-1)21-24-14-19(15-25-21)31-12-9-28-7-10-30-11-8-28;29-28(30)20-5-2-6-23-22(20)24-14-17-3-1-4-18(13-17)21-25-15-19(16-26-21)32-12-9-27-7-10-31-11-8-27;23-20-5-2-6-24-22(20)25-14-17-3-1-4-18(13-17)21-26-15-19(16-27-21)30-12-9-28-7-10-29-11-8-28;6-5-4(8(9)10)2-1-3-7-5;2-1-3;/h1-6,13-15H,7-12,16H2;1-6,13,15-16H,7-12,14H2,(H,23,24);1-6,13,15-16H,7-12,14,23H2,(H,24,25);1-3H;(H,2,3);/q;;;;;+1/p-1. The molecular weight excluding hydrogens is 1410 g/mol. The third kappa shape index (κ3) is 25.9.